The van der Waals surface area contributed by atoms with Crippen molar-refractivity contribution in [3.63, 3.8) is 0 Å². The summed E-state index contributed by atoms with van der Waals surface area (Å²) < 4.78 is 0. The van der Waals surface area contributed by atoms with Crippen LogP contribution in [-0.4, -0.2) is 32.1 Å². The second-order valence-electron chi connectivity index (χ2n) is 8.13. The van der Waals surface area contributed by atoms with Crippen molar-refractivity contribution in [3.05, 3.63) is 24.8 Å². The topological polar surface area (TPSA) is 100 Å². The molecule has 1 rings (SSSR count). The maximum Gasteiger partial charge on any atom is 0.303 e. The number of nitrogens with zero attached hydrogens (tertiary/aromatic N) is 2. The number of hydrogen-bond donors (Lipinski definition) is 2. The van der Waals surface area contributed by atoms with E-state index in [1.54, 1.807) is 24.8 Å². The van der Waals surface area contributed by atoms with Crippen molar-refractivity contribution < 1.29 is 19.8 Å². The maximum atomic E-state index is 10.2. The summed E-state index contributed by atoms with van der Waals surface area (Å²) >= 11 is 0. The first kappa shape index (κ1) is 32.2. The molecule has 0 spiro atoms. The van der Waals surface area contributed by atoms with Crippen LogP contribution in [0.3, 0.4) is 0 Å². The molecule has 0 aliphatic heterocycles. The van der Waals surface area contributed by atoms with Crippen LogP contribution < -0.4 is 0 Å². The van der Waals surface area contributed by atoms with Gasteiger partial charge in [-0.1, -0.05) is 104 Å². The number of rotatable bonds is 18. The van der Waals surface area contributed by atoms with Crippen molar-refractivity contribution in [3.8, 4) is 0 Å². The van der Waals surface area contributed by atoms with E-state index in [2.05, 4.69) is 23.8 Å². The second-order valence-corrected chi connectivity index (χ2v) is 8.13. The minimum Gasteiger partial charge on any atom is -0.481 e. The SMILES string of the molecule is CCCCCCCCCCC(=O)O.CCCCCCCCCCC(=O)O.c1cnccn1. The van der Waals surface area contributed by atoms with Crippen molar-refractivity contribution in [1.29, 1.82) is 0 Å². The minimum atomic E-state index is -0.661. The predicted octanol–water partition coefficient (Wildman–Crippen LogP) is 7.68. The van der Waals surface area contributed by atoms with Crippen LogP contribution in [0, 0.1) is 0 Å². The molecule has 1 aromatic heterocycles. The first-order valence-electron chi connectivity index (χ1n) is 12.7. The van der Waals surface area contributed by atoms with E-state index in [4.69, 9.17) is 10.2 Å². The van der Waals surface area contributed by atoms with Crippen molar-refractivity contribution in [2.75, 3.05) is 0 Å². The monoisotopic (exact) mass is 452 g/mol. The second kappa shape index (κ2) is 29.0. The van der Waals surface area contributed by atoms with Gasteiger partial charge in [-0.15, -0.1) is 0 Å². The fraction of sp³-hybridized carbons (Fsp3) is 0.769. The highest BCUT2D eigenvalue weighted by atomic mass is 16.4. The summed E-state index contributed by atoms with van der Waals surface area (Å²) in [6.07, 6.45) is 26.7. The fourth-order valence-corrected chi connectivity index (χ4v) is 3.07. The molecule has 1 aromatic rings. The molecule has 0 saturated carbocycles. The molecule has 1 heterocycles. The third-order valence-corrected chi connectivity index (χ3v) is 4.97. The van der Waals surface area contributed by atoms with Crippen LogP contribution in [0.15, 0.2) is 24.8 Å². The van der Waals surface area contributed by atoms with Crippen molar-refractivity contribution >= 4 is 11.9 Å². The molecule has 6 nitrogen and oxygen atoms in total. The van der Waals surface area contributed by atoms with Gasteiger partial charge in [0.15, 0.2) is 0 Å². The molecule has 0 amide bonds. The largest absolute Gasteiger partial charge is 0.481 e. The maximum absolute atomic E-state index is 10.2. The molecule has 0 aromatic carbocycles. The van der Waals surface area contributed by atoms with Crippen LogP contribution in [0.2, 0.25) is 0 Å². The Kier molecular flexibility index (Phi) is 29.2. The van der Waals surface area contributed by atoms with E-state index in [1.807, 2.05) is 0 Å². The van der Waals surface area contributed by atoms with E-state index in [0.717, 1.165) is 25.7 Å². The molecule has 0 saturated heterocycles. The van der Waals surface area contributed by atoms with Crippen molar-refractivity contribution in [2.24, 2.45) is 0 Å². The number of carboxylic acid groups (broad SMARTS) is 2. The highest BCUT2D eigenvalue weighted by molar-refractivity contribution is 5.66. The van der Waals surface area contributed by atoms with Gasteiger partial charge < -0.3 is 10.2 Å². The van der Waals surface area contributed by atoms with Crippen LogP contribution in [0.1, 0.15) is 129 Å². The highest BCUT2D eigenvalue weighted by Crippen LogP contribution is 2.10. The number of aliphatic carboxylic acids is 2. The van der Waals surface area contributed by atoms with E-state index < -0.39 is 11.9 Å². The minimum absolute atomic E-state index is 0.342. The molecule has 0 atom stereocenters. The summed E-state index contributed by atoms with van der Waals surface area (Å²) in [4.78, 5) is 27.8. The summed E-state index contributed by atoms with van der Waals surface area (Å²) in [5.74, 6) is -1.32. The lowest BCUT2D eigenvalue weighted by atomic mass is 10.1. The van der Waals surface area contributed by atoms with Gasteiger partial charge in [-0.25, -0.2) is 0 Å². The van der Waals surface area contributed by atoms with Gasteiger partial charge in [0.1, 0.15) is 0 Å². The van der Waals surface area contributed by atoms with Crippen LogP contribution in [0.5, 0.6) is 0 Å². The average Bonchev–Trinajstić information content (AvgIpc) is 2.79. The van der Waals surface area contributed by atoms with Crippen LogP contribution in [-0.2, 0) is 9.59 Å². The van der Waals surface area contributed by atoms with Crippen LogP contribution in [0.25, 0.3) is 0 Å². The molecule has 186 valence electrons. The van der Waals surface area contributed by atoms with Crippen molar-refractivity contribution in [2.45, 2.75) is 129 Å². The van der Waals surface area contributed by atoms with Gasteiger partial charge in [0.05, 0.1) is 0 Å². The average molecular weight is 453 g/mol. The zero-order chi connectivity index (χ0) is 24.1. The Bertz CT molecular complexity index is 441. The number of carbonyl (C=O) groups is 2. The Balaban J connectivity index is 0. The lowest BCUT2D eigenvalue weighted by molar-refractivity contribution is -0.138. The van der Waals surface area contributed by atoms with Gasteiger partial charge in [0.25, 0.3) is 0 Å². The van der Waals surface area contributed by atoms with Gasteiger partial charge >= 0.3 is 11.9 Å². The molecule has 32 heavy (non-hydrogen) atoms. The molecule has 6 heteroatoms. The summed E-state index contributed by atoms with van der Waals surface area (Å²) in [5.41, 5.74) is 0. The highest BCUT2D eigenvalue weighted by Gasteiger charge is 1.97. The van der Waals surface area contributed by atoms with Gasteiger partial charge in [-0.05, 0) is 12.8 Å². The molecule has 0 aliphatic carbocycles. The summed E-state index contributed by atoms with van der Waals surface area (Å²) in [6, 6.07) is 0. The van der Waals surface area contributed by atoms with Crippen LogP contribution >= 0.6 is 0 Å². The Morgan fingerprint density at radius 3 is 0.969 bits per heavy atom. The normalized spacial score (nSPS) is 9.81. The van der Waals surface area contributed by atoms with Gasteiger partial charge in [0.2, 0.25) is 0 Å². The quantitative estimate of drug-likeness (QED) is 0.221. The third-order valence-electron chi connectivity index (χ3n) is 4.97. The Morgan fingerprint density at radius 2 is 0.750 bits per heavy atom. The van der Waals surface area contributed by atoms with E-state index in [1.165, 1.54) is 77.0 Å². The summed E-state index contributed by atoms with van der Waals surface area (Å²) in [6.45, 7) is 4.43. The molecule has 0 bridgehead atoms. The first-order chi connectivity index (χ1) is 15.5. The van der Waals surface area contributed by atoms with Gasteiger partial charge in [-0.2, -0.15) is 0 Å². The molecule has 0 fully saturated rings. The van der Waals surface area contributed by atoms with E-state index in [-0.39, 0.29) is 0 Å². The molecular weight excluding hydrogens is 404 g/mol. The molecule has 0 radical (unpaired) electrons. The Morgan fingerprint density at radius 1 is 0.500 bits per heavy atom. The van der Waals surface area contributed by atoms with E-state index in [9.17, 15) is 9.59 Å². The number of aromatic nitrogens is 2. The van der Waals surface area contributed by atoms with Crippen LogP contribution in [0.4, 0.5) is 0 Å². The molecular formula is C26H48N2O4. The number of unbranched alkanes of at least 4 members (excludes halogenated alkanes) is 14. The molecule has 0 unspecified atom stereocenters. The van der Waals surface area contributed by atoms with E-state index in [0.29, 0.717) is 12.8 Å². The Hall–Kier alpha value is -1.98. The van der Waals surface area contributed by atoms with E-state index >= 15 is 0 Å². The van der Waals surface area contributed by atoms with Gasteiger partial charge in [-0.3, -0.25) is 19.6 Å². The lowest BCUT2D eigenvalue weighted by Gasteiger charge is -1.99. The summed E-state index contributed by atoms with van der Waals surface area (Å²) in [7, 11) is 0. The zero-order valence-corrected chi connectivity index (χ0v) is 20.6. The van der Waals surface area contributed by atoms with Gasteiger partial charge in [0, 0.05) is 37.6 Å². The zero-order valence-electron chi connectivity index (χ0n) is 20.6. The third kappa shape index (κ3) is 35.5. The summed E-state index contributed by atoms with van der Waals surface area (Å²) in [5, 5.41) is 16.8. The fourth-order valence-electron chi connectivity index (χ4n) is 3.07. The number of hydrogen-bond acceptors (Lipinski definition) is 4. The Labute approximate surface area is 196 Å². The van der Waals surface area contributed by atoms with Crippen molar-refractivity contribution in [1.82, 2.24) is 9.97 Å². The lowest BCUT2D eigenvalue weighted by Crippen LogP contribution is -1.93. The molecule has 0 aliphatic rings. The first-order valence-corrected chi connectivity index (χ1v) is 12.7. The predicted molar refractivity (Wildman–Crippen MR) is 132 cm³/mol. The number of carboxylic acids is 2. The smallest absolute Gasteiger partial charge is 0.303 e. The standard InChI is InChI=1S/2C11H22O2.C4H4N2/c2*1-2-3-4-5-6-7-8-9-10-11(12)13;1-2-6-4-3-5-1/h2*2-10H2,1H3,(H,12,13);1-4H. The molecule has 2 N–H and O–H groups in total.